The molecule has 0 aliphatic carbocycles. The highest BCUT2D eigenvalue weighted by atomic mass is 15.0. The average Bonchev–Trinajstić information content (AvgIpc) is 3.63. The van der Waals surface area contributed by atoms with Gasteiger partial charge >= 0.3 is 0 Å². The summed E-state index contributed by atoms with van der Waals surface area (Å²) in [4.78, 5) is 15.6. The van der Waals surface area contributed by atoms with E-state index in [0.717, 1.165) is 60.9 Å². The lowest BCUT2D eigenvalue weighted by atomic mass is 9.92. The highest BCUT2D eigenvalue weighted by Gasteiger charge is 2.24. The summed E-state index contributed by atoms with van der Waals surface area (Å²) >= 11 is 0. The summed E-state index contributed by atoms with van der Waals surface area (Å²) in [7, 11) is 0. The number of benzene rings is 10. The van der Waals surface area contributed by atoms with Gasteiger partial charge in [-0.1, -0.05) is 182 Å². The predicted molar refractivity (Wildman–Crippen MR) is 254 cm³/mol. The van der Waals surface area contributed by atoms with Crippen LogP contribution < -0.4 is 0 Å². The fourth-order valence-corrected chi connectivity index (χ4v) is 9.06. The lowest BCUT2D eigenvalue weighted by molar-refractivity contribution is 1.08. The number of nitrogens with zero attached hydrogens (tertiary/aromatic N) is 4. The van der Waals surface area contributed by atoms with Crippen molar-refractivity contribution < 1.29 is 0 Å². The molecular formula is C57H36N4. The number of hydrogen-bond acceptors (Lipinski definition) is 3. The van der Waals surface area contributed by atoms with Crippen molar-refractivity contribution in [3.05, 3.63) is 218 Å². The third-order valence-electron chi connectivity index (χ3n) is 12.0. The Morgan fingerprint density at radius 1 is 0.262 bits per heavy atom. The molecule has 0 radical (unpaired) electrons. The van der Waals surface area contributed by atoms with Crippen molar-refractivity contribution >= 4 is 54.1 Å². The summed E-state index contributed by atoms with van der Waals surface area (Å²) in [6, 6.07) is 77.9. The van der Waals surface area contributed by atoms with Crippen molar-refractivity contribution in [2.45, 2.75) is 0 Å². The maximum absolute atomic E-state index is 5.28. The lowest BCUT2D eigenvalue weighted by Gasteiger charge is -2.20. The van der Waals surface area contributed by atoms with Crippen LogP contribution in [0.25, 0.3) is 116 Å². The molecule has 0 amide bonds. The predicted octanol–water partition coefficient (Wildman–Crippen LogP) is 14.8. The normalized spacial score (nSPS) is 11.6. The van der Waals surface area contributed by atoms with Gasteiger partial charge in [-0.05, 0) is 80.0 Å². The van der Waals surface area contributed by atoms with Crippen LogP contribution in [0, 0.1) is 0 Å². The first-order chi connectivity index (χ1) is 30.2. The third kappa shape index (κ3) is 5.96. The standard InChI is InChI=1S/C57H36N4/c1-4-17-37(18-5-1)40-27-16-28-45(31-40)48-36-51(57-59-55(38-19-6-2-7-20-38)58-56(60-57)39-21-8-3-9-22-39)46-29-14-15-30-47(46)54(48)61-52-34-43-25-12-10-23-41(43)32-49(52)50-33-42-24-11-13-26-44(42)35-53(50)61/h1-36H. The number of rotatable bonds is 6. The van der Waals surface area contributed by atoms with Crippen LogP contribution >= 0.6 is 0 Å². The molecule has 4 heteroatoms. The molecule has 4 nitrogen and oxygen atoms in total. The molecule has 2 aromatic heterocycles. The molecule has 0 N–H and O–H groups in total. The van der Waals surface area contributed by atoms with Crippen molar-refractivity contribution in [2.75, 3.05) is 0 Å². The summed E-state index contributed by atoms with van der Waals surface area (Å²) in [6.45, 7) is 0. The fraction of sp³-hybridized carbons (Fsp3) is 0. The van der Waals surface area contributed by atoms with E-state index in [9.17, 15) is 0 Å². The Hall–Kier alpha value is -8.21. The largest absolute Gasteiger partial charge is 0.308 e. The van der Waals surface area contributed by atoms with E-state index in [1.54, 1.807) is 0 Å². The number of aromatic nitrogens is 4. The minimum Gasteiger partial charge on any atom is -0.308 e. The monoisotopic (exact) mass is 776 g/mol. The second-order valence-corrected chi connectivity index (χ2v) is 15.6. The van der Waals surface area contributed by atoms with Gasteiger partial charge < -0.3 is 4.57 Å². The minimum absolute atomic E-state index is 0.620. The smallest absolute Gasteiger partial charge is 0.164 e. The highest BCUT2D eigenvalue weighted by Crippen LogP contribution is 2.45. The molecule has 0 atom stereocenters. The minimum atomic E-state index is 0.620. The molecule has 0 aliphatic rings. The van der Waals surface area contributed by atoms with Gasteiger partial charge in [0.1, 0.15) is 0 Å². The fourth-order valence-electron chi connectivity index (χ4n) is 9.06. The van der Waals surface area contributed by atoms with Crippen LogP contribution in [-0.4, -0.2) is 19.5 Å². The molecule has 0 aliphatic heterocycles. The van der Waals surface area contributed by atoms with Crippen LogP contribution in [-0.2, 0) is 0 Å². The molecule has 0 fully saturated rings. The second kappa shape index (κ2) is 14.3. The van der Waals surface area contributed by atoms with E-state index in [-0.39, 0.29) is 0 Å². The Morgan fingerprint density at radius 2 is 0.689 bits per heavy atom. The van der Waals surface area contributed by atoms with Crippen molar-refractivity contribution in [1.29, 1.82) is 0 Å². The molecular weight excluding hydrogens is 741 g/mol. The van der Waals surface area contributed by atoms with Crippen LogP contribution in [0.2, 0.25) is 0 Å². The van der Waals surface area contributed by atoms with E-state index in [1.165, 1.54) is 37.9 Å². The SMILES string of the molecule is c1ccc(-c2cccc(-c3cc(-c4nc(-c5ccccc5)nc(-c5ccccc5)n4)c4ccccc4c3-n3c4cc5ccccc5cc4c4cc5ccccc5cc43)c2)cc1. The van der Waals surface area contributed by atoms with Gasteiger partial charge in [0, 0.05) is 38.4 Å². The molecule has 0 spiro atoms. The first-order valence-electron chi connectivity index (χ1n) is 20.7. The molecule has 10 aromatic carbocycles. The first-order valence-corrected chi connectivity index (χ1v) is 20.7. The quantitative estimate of drug-likeness (QED) is 0.169. The van der Waals surface area contributed by atoms with Gasteiger partial charge in [-0.2, -0.15) is 0 Å². The van der Waals surface area contributed by atoms with E-state index in [2.05, 4.69) is 187 Å². The third-order valence-corrected chi connectivity index (χ3v) is 12.0. The molecule has 12 aromatic rings. The van der Waals surface area contributed by atoms with Crippen LogP contribution in [0.1, 0.15) is 0 Å². The maximum atomic E-state index is 5.28. The van der Waals surface area contributed by atoms with Gasteiger partial charge in [0.25, 0.3) is 0 Å². The zero-order chi connectivity index (χ0) is 40.3. The highest BCUT2D eigenvalue weighted by molar-refractivity contribution is 6.19. The summed E-state index contributed by atoms with van der Waals surface area (Å²) in [5, 5.41) is 9.42. The van der Waals surface area contributed by atoms with Crippen molar-refractivity contribution in [2.24, 2.45) is 0 Å². The summed E-state index contributed by atoms with van der Waals surface area (Å²) in [5.74, 6) is 1.88. The van der Waals surface area contributed by atoms with E-state index in [0.29, 0.717) is 17.5 Å². The van der Waals surface area contributed by atoms with Crippen LogP contribution in [0.4, 0.5) is 0 Å². The maximum Gasteiger partial charge on any atom is 0.164 e. The van der Waals surface area contributed by atoms with E-state index >= 15 is 0 Å². The summed E-state index contributed by atoms with van der Waals surface area (Å²) < 4.78 is 2.51. The Bertz CT molecular complexity index is 3480. The average molecular weight is 777 g/mol. The zero-order valence-corrected chi connectivity index (χ0v) is 33.1. The molecule has 0 saturated carbocycles. The lowest BCUT2D eigenvalue weighted by Crippen LogP contribution is -2.03. The van der Waals surface area contributed by atoms with Gasteiger partial charge in [-0.25, -0.2) is 15.0 Å². The van der Waals surface area contributed by atoms with E-state index in [1.807, 2.05) is 36.4 Å². The zero-order valence-electron chi connectivity index (χ0n) is 33.1. The van der Waals surface area contributed by atoms with Gasteiger partial charge in [0.15, 0.2) is 17.5 Å². The van der Waals surface area contributed by atoms with Gasteiger partial charge in [-0.15, -0.1) is 0 Å². The van der Waals surface area contributed by atoms with Crippen molar-refractivity contribution in [3.63, 3.8) is 0 Å². The number of fused-ring (bicyclic) bond motifs is 6. The Kier molecular flexibility index (Phi) is 8.13. The van der Waals surface area contributed by atoms with E-state index in [4.69, 9.17) is 15.0 Å². The Labute approximate surface area is 352 Å². The van der Waals surface area contributed by atoms with Gasteiger partial charge in [-0.3, -0.25) is 0 Å². The van der Waals surface area contributed by atoms with Crippen LogP contribution in [0.15, 0.2) is 218 Å². The van der Waals surface area contributed by atoms with Crippen molar-refractivity contribution in [1.82, 2.24) is 19.5 Å². The van der Waals surface area contributed by atoms with Crippen molar-refractivity contribution in [3.8, 4) is 62.1 Å². The van der Waals surface area contributed by atoms with Gasteiger partial charge in [0.05, 0.1) is 16.7 Å². The number of hydrogen-bond donors (Lipinski definition) is 0. The van der Waals surface area contributed by atoms with Crippen LogP contribution in [0.3, 0.4) is 0 Å². The van der Waals surface area contributed by atoms with Crippen LogP contribution in [0.5, 0.6) is 0 Å². The molecule has 0 bridgehead atoms. The molecule has 0 unspecified atom stereocenters. The Morgan fingerprint density at radius 3 is 1.25 bits per heavy atom. The molecule has 12 rings (SSSR count). The Balaban J connectivity index is 1.23. The molecule has 0 saturated heterocycles. The van der Waals surface area contributed by atoms with E-state index < -0.39 is 0 Å². The topological polar surface area (TPSA) is 43.6 Å². The summed E-state index contributed by atoms with van der Waals surface area (Å²) in [6.07, 6.45) is 0. The summed E-state index contributed by atoms with van der Waals surface area (Å²) in [5.41, 5.74) is 10.7. The first kappa shape index (κ1) is 34.8. The molecule has 284 valence electrons. The second-order valence-electron chi connectivity index (χ2n) is 15.6. The molecule has 61 heavy (non-hydrogen) atoms. The van der Waals surface area contributed by atoms with Gasteiger partial charge in [0.2, 0.25) is 0 Å². The molecule has 2 heterocycles.